The highest BCUT2D eigenvalue weighted by Crippen LogP contribution is 2.32. The number of aromatic nitrogens is 4. The smallest absolute Gasteiger partial charge is 0.426 e. The van der Waals surface area contributed by atoms with Crippen LogP contribution in [0.15, 0.2) is 30.5 Å². The molecule has 7 nitrogen and oxygen atoms in total. The number of hydrogen-bond acceptors (Lipinski definition) is 6. The summed E-state index contributed by atoms with van der Waals surface area (Å²) in [5.41, 5.74) is -0.113. The van der Waals surface area contributed by atoms with E-state index in [9.17, 15) is 17.6 Å². The van der Waals surface area contributed by atoms with Gasteiger partial charge in [0.25, 0.3) is 0 Å². The third-order valence-corrected chi connectivity index (χ3v) is 2.47. The summed E-state index contributed by atoms with van der Waals surface area (Å²) in [6.07, 6.45) is -7.53. The van der Waals surface area contributed by atoms with Crippen molar-refractivity contribution in [2.75, 3.05) is 5.32 Å². The number of allylic oxidation sites excluding steroid dienone is 1. The molecule has 2 N–H and O–H groups in total. The summed E-state index contributed by atoms with van der Waals surface area (Å²) in [5, 5.41) is 24.0. The first-order valence-corrected chi connectivity index (χ1v) is 5.98. The van der Waals surface area contributed by atoms with Crippen LogP contribution in [0.4, 0.5) is 23.2 Å². The Labute approximate surface area is 126 Å². The van der Waals surface area contributed by atoms with Crippen molar-refractivity contribution in [1.29, 1.82) is 5.26 Å². The van der Waals surface area contributed by atoms with Crippen LogP contribution in [-0.4, -0.2) is 33.2 Å². The van der Waals surface area contributed by atoms with E-state index in [4.69, 9.17) is 5.26 Å². The van der Waals surface area contributed by atoms with Gasteiger partial charge in [-0.2, -0.15) is 28.0 Å². The number of nitrogens with zero attached hydrogens (tertiary/aromatic N) is 4. The molecular formula is C12H8F4N6O. The number of nitriles is 1. The lowest BCUT2D eigenvalue weighted by atomic mass is 10.2. The van der Waals surface area contributed by atoms with E-state index in [-0.39, 0.29) is 17.1 Å². The molecule has 1 aromatic heterocycles. The second-order valence-electron chi connectivity index (χ2n) is 4.01. The lowest BCUT2D eigenvalue weighted by Crippen LogP contribution is -2.33. The molecule has 23 heavy (non-hydrogen) atoms. The standard InChI is InChI=1S/C12H8F4N6O/c13-11(14)12(15,16)23-9-4-2-1-3-8(9)18-6-7(5-17)10-19-21-22-20-10/h1-4,6,11,18H,(H,19,20,21,22). The second kappa shape index (κ2) is 6.73. The molecule has 1 aromatic carbocycles. The number of hydrogen-bond donors (Lipinski definition) is 2. The van der Waals surface area contributed by atoms with Crippen LogP contribution in [-0.2, 0) is 0 Å². The second-order valence-corrected chi connectivity index (χ2v) is 4.01. The van der Waals surface area contributed by atoms with Gasteiger partial charge in [0.2, 0.25) is 5.82 Å². The molecule has 0 saturated carbocycles. The average molecular weight is 328 g/mol. The molecular weight excluding hydrogens is 320 g/mol. The van der Waals surface area contributed by atoms with Crippen molar-refractivity contribution in [1.82, 2.24) is 20.6 Å². The molecule has 2 aromatic rings. The minimum absolute atomic E-state index is 0.0312. The van der Waals surface area contributed by atoms with Crippen LogP contribution in [0.5, 0.6) is 5.75 Å². The monoisotopic (exact) mass is 328 g/mol. The van der Waals surface area contributed by atoms with Crippen LogP contribution in [0.1, 0.15) is 5.82 Å². The molecule has 0 radical (unpaired) electrons. The van der Waals surface area contributed by atoms with Crippen molar-refractivity contribution in [2.24, 2.45) is 0 Å². The molecule has 11 heteroatoms. The van der Waals surface area contributed by atoms with E-state index in [1.54, 1.807) is 6.07 Å². The summed E-state index contributed by atoms with van der Waals surface area (Å²) in [7, 11) is 0. The summed E-state index contributed by atoms with van der Waals surface area (Å²) < 4.78 is 54.5. The van der Waals surface area contributed by atoms with Crippen LogP contribution < -0.4 is 10.1 Å². The Kier molecular flexibility index (Phi) is 4.75. The first-order chi connectivity index (χ1) is 10.9. The van der Waals surface area contributed by atoms with E-state index in [2.05, 4.69) is 30.7 Å². The number of halogens is 4. The minimum Gasteiger partial charge on any atom is -0.426 e. The molecule has 1 heterocycles. The Balaban J connectivity index is 2.23. The van der Waals surface area contributed by atoms with Crippen LogP contribution in [0.2, 0.25) is 0 Å². The lowest BCUT2D eigenvalue weighted by molar-refractivity contribution is -0.252. The first-order valence-electron chi connectivity index (χ1n) is 5.98. The number of nitrogens with one attached hydrogen (secondary N) is 2. The molecule has 0 unspecified atom stereocenters. The molecule has 0 atom stereocenters. The molecule has 0 aliphatic heterocycles. The fraction of sp³-hybridized carbons (Fsp3) is 0.167. The molecule has 0 aliphatic rings. The van der Waals surface area contributed by atoms with Gasteiger partial charge in [-0.1, -0.05) is 12.1 Å². The zero-order chi connectivity index (χ0) is 16.9. The molecule has 0 bridgehead atoms. The predicted molar refractivity (Wildman–Crippen MR) is 69.4 cm³/mol. The third kappa shape index (κ3) is 3.94. The molecule has 0 spiro atoms. The highest BCUT2D eigenvalue weighted by atomic mass is 19.3. The number of H-pyrrole nitrogens is 1. The van der Waals surface area contributed by atoms with E-state index < -0.39 is 18.3 Å². The summed E-state index contributed by atoms with van der Waals surface area (Å²) in [5.74, 6) is -0.546. The average Bonchev–Trinajstić information content (AvgIpc) is 3.03. The fourth-order valence-corrected chi connectivity index (χ4v) is 1.44. The maximum atomic E-state index is 13.0. The Morgan fingerprint density at radius 3 is 2.74 bits per heavy atom. The van der Waals surface area contributed by atoms with Gasteiger partial charge in [0.05, 0.1) is 5.69 Å². The Morgan fingerprint density at radius 2 is 2.13 bits per heavy atom. The van der Waals surface area contributed by atoms with E-state index in [1.807, 2.05) is 0 Å². The third-order valence-electron chi connectivity index (χ3n) is 2.47. The molecule has 0 fully saturated rings. The molecule has 0 saturated heterocycles. The minimum atomic E-state index is -4.65. The van der Waals surface area contributed by atoms with Crippen molar-refractivity contribution in [3.63, 3.8) is 0 Å². The lowest BCUT2D eigenvalue weighted by Gasteiger charge is -2.18. The number of rotatable bonds is 6. The normalized spacial score (nSPS) is 12.1. The molecule has 0 aliphatic carbocycles. The maximum Gasteiger partial charge on any atom is 0.461 e. The maximum absolute atomic E-state index is 13.0. The van der Waals surface area contributed by atoms with E-state index >= 15 is 0 Å². The zero-order valence-electron chi connectivity index (χ0n) is 11.2. The number of ether oxygens (including phenoxy) is 1. The van der Waals surface area contributed by atoms with Crippen LogP contribution in [0.3, 0.4) is 0 Å². The predicted octanol–water partition coefficient (Wildman–Crippen LogP) is 2.41. The van der Waals surface area contributed by atoms with Gasteiger partial charge < -0.3 is 10.1 Å². The summed E-state index contributed by atoms with van der Waals surface area (Å²) in [6, 6.07) is 6.94. The van der Waals surface area contributed by atoms with Crippen LogP contribution in [0, 0.1) is 11.3 Å². The number of para-hydroxylation sites is 2. The van der Waals surface area contributed by atoms with Crippen molar-refractivity contribution >= 4 is 11.3 Å². The fourth-order valence-electron chi connectivity index (χ4n) is 1.44. The van der Waals surface area contributed by atoms with Crippen molar-refractivity contribution in [2.45, 2.75) is 12.5 Å². The summed E-state index contributed by atoms with van der Waals surface area (Å²) in [6.45, 7) is 0. The highest BCUT2D eigenvalue weighted by molar-refractivity contribution is 5.74. The van der Waals surface area contributed by atoms with E-state index in [1.165, 1.54) is 18.2 Å². The van der Waals surface area contributed by atoms with Gasteiger partial charge >= 0.3 is 12.5 Å². The number of anilines is 1. The largest absolute Gasteiger partial charge is 0.461 e. The molecule has 0 amide bonds. The van der Waals surface area contributed by atoms with Gasteiger partial charge in [-0.15, -0.1) is 10.2 Å². The number of benzene rings is 1. The van der Waals surface area contributed by atoms with Crippen LogP contribution >= 0.6 is 0 Å². The Bertz CT molecular complexity index is 725. The molecule has 2 rings (SSSR count). The summed E-state index contributed by atoms with van der Waals surface area (Å²) >= 11 is 0. The number of tetrazole rings is 1. The van der Waals surface area contributed by atoms with Crippen molar-refractivity contribution in [3.05, 3.63) is 36.3 Å². The number of aromatic amines is 1. The molecule has 120 valence electrons. The van der Waals surface area contributed by atoms with Crippen molar-refractivity contribution < 1.29 is 22.3 Å². The van der Waals surface area contributed by atoms with E-state index in [0.717, 1.165) is 12.3 Å². The van der Waals surface area contributed by atoms with Gasteiger partial charge in [0.15, 0.2) is 0 Å². The van der Waals surface area contributed by atoms with Gasteiger partial charge in [-0.25, -0.2) is 0 Å². The van der Waals surface area contributed by atoms with Gasteiger partial charge in [-0.05, 0) is 17.3 Å². The zero-order valence-corrected chi connectivity index (χ0v) is 11.2. The Morgan fingerprint density at radius 1 is 1.39 bits per heavy atom. The Hall–Kier alpha value is -3.16. The van der Waals surface area contributed by atoms with Gasteiger partial charge in [0.1, 0.15) is 17.4 Å². The van der Waals surface area contributed by atoms with Gasteiger partial charge in [-0.3, -0.25) is 0 Å². The number of alkyl halides is 4. The quantitative estimate of drug-likeness (QED) is 0.624. The van der Waals surface area contributed by atoms with Crippen molar-refractivity contribution in [3.8, 4) is 11.8 Å². The summed E-state index contributed by atoms with van der Waals surface area (Å²) in [4.78, 5) is 0. The van der Waals surface area contributed by atoms with E-state index in [0.29, 0.717) is 0 Å². The SMILES string of the molecule is N#CC(=CNc1ccccc1OC(F)(F)C(F)F)c1nn[nH]n1. The highest BCUT2D eigenvalue weighted by Gasteiger charge is 2.44. The topological polar surface area (TPSA) is 99.5 Å². The van der Waals surface area contributed by atoms with Gasteiger partial charge in [0, 0.05) is 6.20 Å². The first kappa shape index (κ1) is 16.2. The van der Waals surface area contributed by atoms with Crippen LogP contribution in [0.25, 0.3) is 5.57 Å².